The van der Waals surface area contributed by atoms with E-state index in [0.29, 0.717) is 13.1 Å². The van der Waals surface area contributed by atoms with E-state index in [1.54, 1.807) is 4.90 Å². The first-order valence-corrected chi connectivity index (χ1v) is 5.94. The van der Waals surface area contributed by atoms with Crippen LogP contribution in [0.25, 0.3) is 0 Å². The summed E-state index contributed by atoms with van der Waals surface area (Å²) < 4.78 is 38.3. The summed E-state index contributed by atoms with van der Waals surface area (Å²) in [4.78, 5) is 1.24. The van der Waals surface area contributed by atoms with E-state index in [1.165, 1.54) is 0 Å². The van der Waals surface area contributed by atoms with Crippen LogP contribution in [0.4, 0.5) is 13.2 Å². The summed E-state index contributed by atoms with van der Waals surface area (Å²) in [6, 6.07) is 7.63. The van der Waals surface area contributed by atoms with E-state index in [0.717, 1.165) is 11.1 Å². The molecule has 0 aliphatic carbocycles. The van der Waals surface area contributed by atoms with Crippen LogP contribution in [-0.2, 0) is 13.1 Å². The average Bonchev–Trinajstić information content (AvgIpc) is 2.66. The van der Waals surface area contributed by atoms with E-state index in [4.69, 9.17) is 5.73 Å². The molecule has 0 bridgehead atoms. The molecule has 1 aliphatic heterocycles. The van der Waals surface area contributed by atoms with Gasteiger partial charge in [-0.05, 0) is 11.1 Å². The van der Waals surface area contributed by atoms with Gasteiger partial charge in [-0.1, -0.05) is 36.5 Å². The molecule has 18 heavy (non-hydrogen) atoms. The van der Waals surface area contributed by atoms with Crippen molar-refractivity contribution in [3.8, 4) is 0 Å². The van der Waals surface area contributed by atoms with Crippen LogP contribution in [0.15, 0.2) is 24.3 Å². The molecule has 0 aromatic heterocycles. The lowest BCUT2D eigenvalue weighted by Gasteiger charge is -2.24. The van der Waals surface area contributed by atoms with E-state index in [2.05, 4.69) is 12.2 Å². The van der Waals surface area contributed by atoms with Crippen molar-refractivity contribution in [2.24, 2.45) is 11.7 Å². The molecule has 6 heteroatoms. The second-order valence-electron chi connectivity index (χ2n) is 4.43. The lowest BCUT2D eigenvalue weighted by molar-refractivity contribution is -0.159. The van der Waals surface area contributed by atoms with Crippen LogP contribution >= 0.6 is 12.2 Å². The minimum Gasteiger partial charge on any atom is -0.393 e. The van der Waals surface area contributed by atoms with Gasteiger partial charge in [-0.2, -0.15) is 13.2 Å². The van der Waals surface area contributed by atoms with Gasteiger partial charge in [0.25, 0.3) is 0 Å². The smallest absolute Gasteiger partial charge is 0.393 e. The van der Waals surface area contributed by atoms with Crippen molar-refractivity contribution in [3.63, 3.8) is 0 Å². The van der Waals surface area contributed by atoms with E-state index < -0.39 is 17.1 Å². The second kappa shape index (κ2) is 4.85. The molecule has 1 aliphatic rings. The zero-order valence-corrected chi connectivity index (χ0v) is 10.4. The molecule has 1 aromatic rings. The summed E-state index contributed by atoms with van der Waals surface area (Å²) in [7, 11) is 0. The number of nitrogens with two attached hydrogens (primary N) is 1. The van der Waals surface area contributed by atoms with Crippen LogP contribution in [0, 0.1) is 5.92 Å². The number of halogens is 3. The van der Waals surface area contributed by atoms with Gasteiger partial charge in [0.05, 0.1) is 4.99 Å². The van der Waals surface area contributed by atoms with Crippen molar-refractivity contribution in [1.29, 1.82) is 0 Å². The predicted molar refractivity (Wildman–Crippen MR) is 66.9 cm³/mol. The average molecular weight is 274 g/mol. The fourth-order valence-electron chi connectivity index (χ4n) is 2.15. The Kier molecular flexibility index (Phi) is 3.59. The van der Waals surface area contributed by atoms with Crippen molar-refractivity contribution < 1.29 is 13.2 Å². The number of alkyl halides is 3. The fraction of sp³-hybridized carbons (Fsp3) is 0.417. The Hall–Kier alpha value is -1.14. The van der Waals surface area contributed by atoms with Crippen LogP contribution in [0.1, 0.15) is 11.1 Å². The molecule has 0 radical (unpaired) electrons. The molecule has 0 amide bonds. The van der Waals surface area contributed by atoms with E-state index in [1.807, 2.05) is 24.3 Å². The van der Waals surface area contributed by atoms with Gasteiger partial charge in [0.15, 0.2) is 0 Å². The largest absolute Gasteiger partial charge is 0.399 e. The standard InChI is InChI=1S/C12H13F3N2S/c13-12(14,15)10(11(16)18)7-17-5-8-3-1-2-4-9(8)6-17/h1-4,10H,5-7H2,(H2,16,18). The maximum absolute atomic E-state index is 12.8. The minimum atomic E-state index is -4.37. The van der Waals surface area contributed by atoms with E-state index in [-0.39, 0.29) is 6.54 Å². The number of thiocarbonyl (C=S) groups is 1. The Morgan fingerprint density at radius 1 is 1.28 bits per heavy atom. The van der Waals surface area contributed by atoms with Crippen LogP contribution < -0.4 is 5.73 Å². The molecule has 2 N–H and O–H groups in total. The molecule has 1 unspecified atom stereocenters. The Labute approximate surface area is 109 Å². The van der Waals surface area contributed by atoms with Crippen LogP contribution in [0.5, 0.6) is 0 Å². The molecule has 2 rings (SSSR count). The Balaban J connectivity index is 2.06. The third-order valence-corrected chi connectivity index (χ3v) is 3.37. The third-order valence-electron chi connectivity index (χ3n) is 3.09. The lowest BCUT2D eigenvalue weighted by atomic mass is 10.1. The highest BCUT2D eigenvalue weighted by molar-refractivity contribution is 7.80. The zero-order valence-electron chi connectivity index (χ0n) is 9.57. The monoisotopic (exact) mass is 274 g/mol. The molecule has 0 saturated heterocycles. The van der Waals surface area contributed by atoms with Gasteiger partial charge in [0.2, 0.25) is 0 Å². The molecular weight excluding hydrogens is 261 g/mol. The highest BCUT2D eigenvalue weighted by atomic mass is 32.1. The highest BCUT2D eigenvalue weighted by Gasteiger charge is 2.43. The minimum absolute atomic E-state index is 0.173. The van der Waals surface area contributed by atoms with Crippen LogP contribution in [-0.4, -0.2) is 22.6 Å². The molecule has 1 heterocycles. The predicted octanol–water partition coefficient (Wildman–Crippen LogP) is 2.47. The van der Waals surface area contributed by atoms with E-state index >= 15 is 0 Å². The maximum Gasteiger partial charge on any atom is 0.399 e. The first-order valence-electron chi connectivity index (χ1n) is 5.53. The molecule has 0 saturated carbocycles. The van der Waals surface area contributed by atoms with Gasteiger partial charge < -0.3 is 5.73 Å². The lowest BCUT2D eigenvalue weighted by Crippen LogP contribution is -2.42. The second-order valence-corrected chi connectivity index (χ2v) is 4.91. The molecule has 0 fully saturated rings. The summed E-state index contributed by atoms with van der Waals surface area (Å²) >= 11 is 4.52. The van der Waals surface area contributed by atoms with Gasteiger partial charge in [0.1, 0.15) is 5.92 Å². The molecule has 1 atom stereocenters. The number of hydrogen-bond donors (Lipinski definition) is 1. The van der Waals surface area contributed by atoms with Crippen molar-refractivity contribution in [3.05, 3.63) is 35.4 Å². The van der Waals surface area contributed by atoms with Gasteiger partial charge in [-0.15, -0.1) is 0 Å². The Bertz CT molecular complexity index is 434. The Morgan fingerprint density at radius 3 is 2.17 bits per heavy atom. The first kappa shape index (κ1) is 13.3. The summed E-state index contributed by atoms with van der Waals surface area (Å²) in [5.41, 5.74) is 7.33. The summed E-state index contributed by atoms with van der Waals surface area (Å²) in [5, 5.41) is 0. The van der Waals surface area contributed by atoms with Crippen molar-refractivity contribution in [2.75, 3.05) is 6.54 Å². The topological polar surface area (TPSA) is 29.3 Å². The number of hydrogen-bond acceptors (Lipinski definition) is 2. The molecule has 2 nitrogen and oxygen atoms in total. The van der Waals surface area contributed by atoms with Gasteiger partial charge in [-0.25, -0.2) is 0 Å². The quantitative estimate of drug-likeness (QED) is 0.859. The summed E-state index contributed by atoms with van der Waals surface area (Å²) in [6.07, 6.45) is -4.37. The van der Waals surface area contributed by atoms with E-state index in [9.17, 15) is 13.2 Å². The van der Waals surface area contributed by atoms with Gasteiger partial charge >= 0.3 is 6.18 Å². The maximum atomic E-state index is 12.8. The highest BCUT2D eigenvalue weighted by Crippen LogP contribution is 2.30. The van der Waals surface area contributed by atoms with Crippen molar-refractivity contribution >= 4 is 17.2 Å². The Morgan fingerprint density at radius 2 is 1.78 bits per heavy atom. The number of rotatable bonds is 3. The number of benzene rings is 1. The number of nitrogens with zero attached hydrogens (tertiary/aromatic N) is 1. The molecule has 0 spiro atoms. The molecular formula is C12H13F3N2S. The zero-order chi connectivity index (χ0) is 13.3. The van der Waals surface area contributed by atoms with Crippen molar-refractivity contribution in [2.45, 2.75) is 19.3 Å². The fourth-order valence-corrected chi connectivity index (χ4v) is 2.35. The summed E-state index contributed by atoms with van der Waals surface area (Å²) in [6.45, 7) is 0.865. The van der Waals surface area contributed by atoms with Crippen LogP contribution in [0.2, 0.25) is 0 Å². The van der Waals surface area contributed by atoms with Crippen molar-refractivity contribution in [1.82, 2.24) is 4.90 Å². The van der Waals surface area contributed by atoms with Crippen LogP contribution in [0.3, 0.4) is 0 Å². The normalized spacial score (nSPS) is 17.5. The third kappa shape index (κ3) is 2.81. The van der Waals surface area contributed by atoms with Gasteiger partial charge in [-0.3, -0.25) is 4.90 Å². The summed E-state index contributed by atoms with van der Waals surface area (Å²) in [5.74, 6) is -1.73. The molecule has 98 valence electrons. The molecule has 1 aromatic carbocycles. The SMILES string of the molecule is NC(=S)C(CN1Cc2ccccc2C1)C(F)(F)F. The first-order chi connectivity index (χ1) is 8.38. The van der Waals surface area contributed by atoms with Gasteiger partial charge in [0, 0.05) is 19.6 Å². The number of fused-ring (bicyclic) bond motifs is 1.